The summed E-state index contributed by atoms with van der Waals surface area (Å²) in [7, 11) is 3.14. The van der Waals surface area contributed by atoms with Crippen LogP contribution in [0, 0.1) is 11.7 Å². The van der Waals surface area contributed by atoms with Crippen molar-refractivity contribution in [3.05, 3.63) is 65.5 Å². The van der Waals surface area contributed by atoms with Gasteiger partial charge in [-0.05, 0) is 85.8 Å². The van der Waals surface area contributed by atoms with Gasteiger partial charge >= 0.3 is 6.09 Å². The molecular weight excluding hydrogens is 471 g/mol. The van der Waals surface area contributed by atoms with Gasteiger partial charge in [0.05, 0.1) is 33.0 Å². The summed E-state index contributed by atoms with van der Waals surface area (Å²) < 4.78 is 30.7. The molecule has 2 aliphatic carbocycles. The fourth-order valence-corrected chi connectivity index (χ4v) is 6.82. The molecule has 1 N–H and O–H groups in total. The quantitative estimate of drug-likeness (QED) is 0.497. The van der Waals surface area contributed by atoms with Gasteiger partial charge in [-0.25, -0.2) is 9.18 Å². The third-order valence-electron chi connectivity index (χ3n) is 8.71. The normalized spacial score (nSPS) is 29.2. The zero-order chi connectivity index (χ0) is 25.8. The summed E-state index contributed by atoms with van der Waals surface area (Å²) in [5, 5.41) is 3.78. The summed E-state index contributed by atoms with van der Waals surface area (Å²) in [6.45, 7) is 1.22. The number of nitrogens with one attached hydrogen (secondary N) is 1. The number of fused-ring (bicyclic) bond motifs is 1. The van der Waals surface area contributed by atoms with E-state index in [1.807, 2.05) is 23.1 Å². The molecule has 2 aromatic rings. The van der Waals surface area contributed by atoms with Crippen molar-refractivity contribution in [1.82, 2.24) is 10.2 Å². The minimum absolute atomic E-state index is 0.0676. The Morgan fingerprint density at radius 3 is 2.51 bits per heavy atom. The number of amides is 1. The smallest absolute Gasteiger partial charge is 0.410 e. The van der Waals surface area contributed by atoms with Crippen LogP contribution in [0.15, 0.2) is 48.5 Å². The number of likely N-dealkylation sites (tertiary alicyclic amines) is 1. The van der Waals surface area contributed by atoms with E-state index in [0.29, 0.717) is 18.4 Å². The number of halogens is 1. The zero-order valence-corrected chi connectivity index (χ0v) is 21.9. The first-order chi connectivity index (χ1) is 18.1. The van der Waals surface area contributed by atoms with Gasteiger partial charge in [0.1, 0.15) is 11.6 Å². The molecule has 6 nitrogen and oxygen atoms in total. The highest BCUT2D eigenvalue weighted by molar-refractivity contribution is 5.69. The third-order valence-corrected chi connectivity index (χ3v) is 8.71. The molecule has 7 heteroatoms. The van der Waals surface area contributed by atoms with E-state index >= 15 is 0 Å². The van der Waals surface area contributed by atoms with Crippen molar-refractivity contribution < 1.29 is 23.4 Å². The lowest BCUT2D eigenvalue weighted by Crippen LogP contribution is -2.50. The van der Waals surface area contributed by atoms with Gasteiger partial charge in [0, 0.05) is 18.6 Å². The number of ether oxygens (including phenoxy) is 3. The first-order valence-electron chi connectivity index (χ1n) is 13.7. The Balaban J connectivity index is 1.23. The Labute approximate surface area is 219 Å². The highest BCUT2D eigenvalue weighted by Crippen LogP contribution is 2.43. The Morgan fingerprint density at radius 2 is 1.81 bits per heavy atom. The van der Waals surface area contributed by atoms with E-state index in [4.69, 9.17) is 14.2 Å². The summed E-state index contributed by atoms with van der Waals surface area (Å²) >= 11 is 0. The Morgan fingerprint density at radius 1 is 1.03 bits per heavy atom. The van der Waals surface area contributed by atoms with Gasteiger partial charge in [-0.1, -0.05) is 30.7 Å². The van der Waals surface area contributed by atoms with Gasteiger partial charge < -0.3 is 19.5 Å². The molecule has 1 heterocycles. The van der Waals surface area contributed by atoms with Crippen molar-refractivity contribution in [2.24, 2.45) is 5.92 Å². The molecule has 0 radical (unpaired) electrons. The molecule has 5 rings (SSSR count). The minimum Gasteiger partial charge on any atom is -0.497 e. The average molecular weight is 511 g/mol. The largest absolute Gasteiger partial charge is 0.497 e. The van der Waals surface area contributed by atoms with Gasteiger partial charge in [-0.2, -0.15) is 0 Å². The van der Waals surface area contributed by atoms with E-state index in [0.717, 1.165) is 62.8 Å². The molecule has 37 heavy (non-hydrogen) atoms. The molecule has 2 aromatic carbocycles. The Hall–Kier alpha value is -2.64. The summed E-state index contributed by atoms with van der Waals surface area (Å²) in [6.07, 6.45) is 7.02. The standard InChI is InChI=1S/C30H39FN2O4/c1-35-24-13-9-20(10-14-24)18-32-29-26-7-4-8-27(26)33(30(34)36-2)28(29)19-37-25-15-11-21(12-16-25)22-5-3-6-23(31)17-22/h3,5-6,9-10,13-14,17,21,25-29,32H,4,7-8,11-12,15-16,18-19H2,1-2H3/t21-,25+,26-,27+,28-,29-/m0/s1. The molecule has 3 aliphatic rings. The van der Waals surface area contributed by atoms with Gasteiger partial charge in [-0.15, -0.1) is 0 Å². The van der Waals surface area contributed by atoms with Crippen LogP contribution in [0.1, 0.15) is 62.0 Å². The third kappa shape index (κ3) is 5.78. The van der Waals surface area contributed by atoms with Crippen LogP contribution in [0.5, 0.6) is 5.75 Å². The van der Waals surface area contributed by atoms with Gasteiger partial charge in [-0.3, -0.25) is 4.90 Å². The van der Waals surface area contributed by atoms with E-state index in [-0.39, 0.29) is 36.1 Å². The van der Waals surface area contributed by atoms with Gasteiger partial charge in [0.15, 0.2) is 0 Å². The number of nitrogens with zero attached hydrogens (tertiary/aromatic N) is 1. The van der Waals surface area contributed by atoms with Crippen molar-refractivity contribution in [2.75, 3.05) is 20.8 Å². The lowest BCUT2D eigenvalue weighted by Gasteiger charge is -2.34. The molecule has 1 aliphatic heterocycles. The topological polar surface area (TPSA) is 60.0 Å². The lowest BCUT2D eigenvalue weighted by atomic mass is 9.82. The fraction of sp³-hybridized carbons (Fsp3) is 0.567. The van der Waals surface area contributed by atoms with E-state index in [1.165, 1.54) is 18.7 Å². The van der Waals surface area contributed by atoms with E-state index < -0.39 is 0 Å². The summed E-state index contributed by atoms with van der Waals surface area (Å²) in [6, 6.07) is 15.4. The Bertz CT molecular complexity index is 1040. The van der Waals surface area contributed by atoms with Crippen molar-refractivity contribution in [3.63, 3.8) is 0 Å². The second-order valence-corrected chi connectivity index (χ2v) is 10.7. The van der Waals surface area contributed by atoms with Crippen LogP contribution in [0.3, 0.4) is 0 Å². The summed E-state index contributed by atoms with van der Waals surface area (Å²) in [4.78, 5) is 14.9. The lowest BCUT2D eigenvalue weighted by molar-refractivity contribution is -0.0109. The highest BCUT2D eigenvalue weighted by Gasteiger charge is 2.53. The van der Waals surface area contributed by atoms with Crippen molar-refractivity contribution >= 4 is 6.09 Å². The van der Waals surface area contributed by atoms with Crippen molar-refractivity contribution in [2.45, 2.75) is 81.6 Å². The summed E-state index contributed by atoms with van der Waals surface area (Å²) in [5.74, 6) is 1.45. The molecule has 3 fully saturated rings. The van der Waals surface area contributed by atoms with Crippen LogP contribution < -0.4 is 10.1 Å². The molecule has 4 atom stereocenters. The molecule has 1 amide bonds. The molecular formula is C30H39FN2O4. The second-order valence-electron chi connectivity index (χ2n) is 10.7. The average Bonchev–Trinajstić information content (AvgIpc) is 3.51. The molecule has 0 unspecified atom stereocenters. The number of benzene rings is 2. The fourth-order valence-electron chi connectivity index (χ4n) is 6.82. The van der Waals surface area contributed by atoms with Crippen LogP contribution in [0.2, 0.25) is 0 Å². The second kappa shape index (κ2) is 11.8. The van der Waals surface area contributed by atoms with Crippen LogP contribution in [0.4, 0.5) is 9.18 Å². The maximum Gasteiger partial charge on any atom is 0.410 e. The number of hydrogen-bond acceptors (Lipinski definition) is 5. The number of carbonyl (C=O) groups excluding carboxylic acids is 1. The maximum atomic E-state index is 13.7. The van der Waals surface area contributed by atoms with Crippen molar-refractivity contribution in [3.8, 4) is 5.75 Å². The van der Waals surface area contributed by atoms with E-state index in [1.54, 1.807) is 19.2 Å². The number of hydrogen-bond donors (Lipinski definition) is 1. The molecule has 0 bridgehead atoms. The van der Waals surface area contributed by atoms with Crippen LogP contribution in [-0.2, 0) is 16.0 Å². The SMILES string of the molecule is COC(=O)N1[C@@H]2CCC[C@@H]2[C@H](NCc2ccc(OC)cc2)[C@@H]1CO[C@H]1CC[C@@H](c2cccc(F)c2)CC1. The first-order valence-corrected chi connectivity index (χ1v) is 13.7. The number of methoxy groups -OCH3 is 2. The zero-order valence-electron chi connectivity index (χ0n) is 21.9. The molecule has 200 valence electrons. The molecule has 2 saturated carbocycles. The van der Waals surface area contributed by atoms with Crippen LogP contribution in [-0.4, -0.2) is 56.0 Å². The minimum atomic E-state index is -0.256. The molecule has 1 saturated heterocycles. The number of carbonyl (C=O) groups is 1. The first kappa shape index (κ1) is 26.0. The highest BCUT2D eigenvalue weighted by atomic mass is 19.1. The maximum absolute atomic E-state index is 13.7. The predicted molar refractivity (Wildman–Crippen MR) is 140 cm³/mol. The Kier molecular flexibility index (Phi) is 8.30. The molecule has 0 spiro atoms. The predicted octanol–water partition coefficient (Wildman–Crippen LogP) is 5.65. The van der Waals surface area contributed by atoms with E-state index in [9.17, 15) is 9.18 Å². The van der Waals surface area contributed by atoms with E-state index in [2.05, 4.69) is 17.4 Å². The van der Waals surface area contributed by atoms with Crippen LogP contribution >= 0.6 is 0 Å². The monoisotopic (exact) mass is 510 g/mol. The summed E-state index contributed by atoms with van der Waals surface area (Å²) in [5.41, 5.74) is 2.27. The van der Waals surface area contributed by atoms with Gasteiger partial charge in [0.25, 0.3) is 0 Å². The van der Waals surface area contributed by atoms with Crippen molar-refractivity contribution in [1.29, 1.82) is 0 Å². The number of rotatable bonds is 8. The van der Waals surface area contributed by atoms with Crippen LogP contribution in [0.25, 0.3) is 0 Å². The molecule has 0 aromatic heterocycles. The van der Waals surface area contributed by atoms with Gasteiger partial charge in [0.2, 0.25) is 0 Å².